The van der Waals surface area contributed by atoms with Gasteiger partial charge >= 0.3 is 0 Å². The Morgan fingerprint density at radius 3 is 2.09 bits per heavy atom. The van der Waals surface area contributed by atoms with Gasteiger partial charge in [-0.05, 0) is 117 Å². The van der Waals surface area contributed by atoms with Crippen LogP contribution in [0.3, 0.4) is 0 Å². The van der Waals surface area contributed by atoms with Crippen LogP contribution in [0.25, 0.3) is 0 Å². The first kappa shape index (κ1) is 25.1. The largest absolute Gasteiger partial charge is 0.393 e. The van der Waals surface area contributed by atoms with E-state index in [2.05, 4.69) is 34.6 Å². The van der Waals surface area contributed by atoms with Crippen molar-refractivity contribution in [1.29, 1.82) is 0 Å². The molecule has 1 heterocycles. The van der Waals surface area contributed by atoms with Gasteiger partial charge in [-0.2, -0.15) is 0 Å². The molecule has 12 atom stereocenters. The predicted octanol–water partition coefficient (Wildman–Crippen LogP) is 4.44. The van der Waals surface area contributed by atoms with E-state index >= 15 is 0 Å². The second-order valence-electron chi connectivity index (χ2n) is 15.9. The molecule has 0 aromatic rings. The van der Waals surface area contributed by atoms with Gasteiger partial charge < -0.3 is 25.2 Å². The second-order valence-corrected chi connectivity index (χ2v) is 15.9. The smallest absolute Gasteiger partial charge is 0.0865 e. The van der Waals surface area contributed by atoms with Crippen LogP contribution in [-0.4, -0.2) is 56.0 Å². The third-order valence-electron chi connectivity index (χ3n) is 13.8. The Morgan fingerprint density at radius 2 is 1.46 bits per heavy atom. The summed E-state index contributed by atoms with van der Waals surface area (Å²) in [4.78, 5) is 0. The van der Waals surface area contributed by atoms with Gasteiger partial charge in [0.1, 0.15) is 0 Å². The van der Waals surface area contributed by atoms with Crippen molar-refractivity contribution >= 4 is 0 Å². The molecule has 6 aliphatic rings. The van der Waals surface area contributed by atoms with Crippen LogP contribution in [0.2, 0.25) is 0 Å². The molecule has 200 valence electrons. The van der Waals surface area contributed by atoms with E-state index < -0.39 is 23.4 Å². The molecule has 5 saturated carbocycles. The highest BCUT2D eigenvalue weighted by molar-refractivity contribution is 5.33. The molecule has 6 fully saturated rings. The third-order valence-corrected chi connectivity index (χ3v) is 13.8. The van der Waals surface area contributed by atoms with E-state index in [-0.39, 0.29) is 51.1 Å². The molecule has 1 saturated heterocycles. The van der Waals surface area contributed by atoms with Crippen LogP contribution in [-0.2, 0) is 4.74 Å². The van der Waals surface area contributed by atoms with E-state index in [0.29, 0.717) is 5.92 Å². The minimum absolute atomic E-state index is 0.0267. The van der Waals surface area contributed by atoms with E-state index in [0.717, 1.165) is 51.4 Å². The Hall–Kier alpha value is -0.200. The summed E-state index contributed by atoms with van der Waals surface area (Å²) in [7, 11) is 0. The van der Waals surface area contributed by atoms with Crippen molar-refractivity contribution in [3.8, 4) is 0 Å². The maximum Gasteiger partial charge on any atom is 0.0865 e. The molecular formula is C30H50O5. The number of hydrogen-bond donors (Lipinski definition) is 4. The second kappa shape index (κ2) is 6.86. The fourth-order valence-electron chi connectivity index (χ4n) is 12.1. The van der Waals surface area contributed by atoms with Gasteiger partial charge in [0.2, 0.25) is 0 Å². The molecule has 35 heavy (non-hydrogen) atoms. The molecule has 2 spiro atoms. The number of rotatable bonds is 2. The van der Waals surface area contributed by atoms with Crippen LogP contribution in [0.15, 0.2) is 0 Å². The quantitative estimate of drug-likeness (QED) is 0.460. The van der Waals surface area contributed by atoms with Crippen molar-refractivity contribution in [2.75, 3.05) is 0 Å². The average Bonchev–Trinajstić information content (AvgIpc) is 3.08. The number of hydrogen-bond acceptors (Lipinski definition) is 5. The van der Waals surface area contributed by atoms with Crippen molar-refractivity contribution < 1.29 is 25.2 Å². The lowest BCUT2D eigenvalue weighted by molar-refractivity contribution is -0.213. The third kappa shape index (κ3) is 2.78. The highest BCUT2D eigenvalue weighted by Gasteiger charge is 2.84. The standard InChI is InChI=1S/C30H50O5/c1-24(2)20(33)8-11-30-16-29(30)13-12-26(5)23(28(7)10-9-21(35-28)25(3,4)34)18(32)15-27(26,6)19(29)14-17(31)22(24)30/h17-23,31-34H,8-16H2,1-7H3/t17-,18?,19?,20?,21?,22-,23-,26?,27-,28+,29?,30+/m0/s1. The first-order valence-electron chi connectivity index (χ1n) is 14.4. The van der Waals surface area contributed by atoms with Gasteiger partial charge in [-0.3, -0.25) is 0 Å². The molecule has 0 radical (unpaired) electrons. The Morgan fingerprint density at radius 1 is 0.771 bits per heavy atom. The monoisotopic (exact) mass is 490 g/mol. The number of aliphatic hydroxyl groups is 4. The van der Waals surface area contributed by atoms with E-state index in [4.69, 9.17) is 4.74 Å². The minimum atomic E-state index is -0.886. The topological polar surface area (TPSA) is 90.2 Å². The molecule has 6 unspecified atom stereocenters. The Labute approximate surface area is 212 Å². The zero-order valence-corrected chi connectivity index (χ0v) is 23.1. The summed E-state index contributed by atoms with van der Waals surface area (Å²) in [6.45, 7) is 15.0. The Kier molecular flexibility index (Phi) is 4.92. The average molecular weight is 491 g/mol. The molecule has 5 nitrogen and oxygen atoms in total. The van der Waals surface area contributed by atoms with Crippen LogP contribution in [0.5, 0.6) is 0 Å². The number of fused-ring (bicyclic) bond motifs is 2. The molecule has 0 bridgehead atoms. The van der Waals surface area contributed by atoms with Gasteiger partial charge in [0.05, 0.1) is 35.6 Å². The van der Waals surface area contributed by atoms with Crippen LogP contribution < -0.4 is 0 Å². The zero-order chi connectivity index (χ0) is 25.6. The summed E-state index contributed by atoms with van der Waals surface area (Å²) in [6.07, 6.45) is 7.18. The lowest BCUT2D eigenvalue weighted by atomic mass is 9.41. The molecule has 5 heteroatoms. The highest BCUT2D eigenvalue weighted by atomic mass is 16.5. The van der Waals surface area contributed by atoms with Gasteiger partial charge in [0.15, 0.2) is 0 Å². The van der Waals surface area contributed by atoms with Crippen molar-refractivity contribution in [3.05, 3.63) is 0 Å². The van der Waals surface area contributed by atoms with Gasteiger partial charge in [-0.15, -0.1) is 0 Å². The predicted molar refractivity (Wildman–Crippen MR) is 134 cm³/mol. The molecule has 6 rings (SSSR count). The molecular weight excluding hydrogens is 440 g/mol. The molecule has 5 aliphatic carbocycles. The number of aliphatic hydroxyl groups excluding tert-OH is 3. The number of ether oxygens (including phenoxy) is 1. The van der Waals surface area contributed by atoms with Gasteiger partial charge in [-0.1, -0.05) is 27.7 Å². The molecule has 4 N–H and O–H groups in total. The van der Waals surface area contributed by atoms with Crippen LogP contribution >= 0.6 is 0 Å². The Balaban J connectivity index is 1.37. The summed E-state index contributed by atoms with van der Waals surface area (Å²) >= 11 is 0. The molecule has 0 aromatic carbocycles. The Bertz CT molecular complexity index is 911. The van der Waals surface area contributed by atoms with Crippen LogP contribution in [0, 0.1) is 44.8 Å². The fourth-order valence-corrected chi connectivity index (χ4v) is 12.1. The maximum absolute atomic E-state index is 11.7. The summed E-state index contributed by atoms with van der Waals surface area (Å²) < 4.78 is 6.66. The molecule has 0 amide bonds. The summed E-state index contributed by atoms with van der Waals surface area (Å²) in [6, 6.07) is 0. The van der Waals surface area contributed by atoms with E-state index in [1.165, 1.54) is 6.42 Å². The SMILES string of the molecule is CC(C)(O)C1CC[C@](C)([C@H]2C(O)C[C@@]3(C)C4C[C@H](O)[C@H]5C(C)(C)C(O)CC[C@@]56CC46CCC23C)O1. The van der Waals surface area contributed by atoms with Crippen molar-refractivity contribution in [3.63, 3.8) is 0 Å². The van der Waals surface area contributed by atoms with E-state index in [9.17, 15) is 20.4 Å². The normalized spacial score (nSPS) is 60.9. The lowest BCUT2D eigenvalue weighted by Gasteiger charge is -2.64. The van der Waals surface area contributed by atoms with Crippen LogP contribution in [0.4, 0.5) is 0 Å². The van der Waals surface area contributed by atoms with E-state index in [1.54, 1.807) is 0 Å². The van der Waals surface area contributed by atoms with Crippen LogP contribution in [0.1, 0.15) is 106 Å². The van der Waals surface area contributed by atoms with Gasteiger partial charge in [0, 0.05) is 5.92 Å². The zero-order valence-electron chi connectivity index (χ0n) is 23.1. The van der Waals surface area contributed by atoms with Gasteiger partial charge in [0.25, 0.3) is 0 Å². The highest BCUT2D eigenvalue weighted by Crippen LogP contribution is 2.89. The summed E-state index contributed by atoms with van der Waals surface area (Å²) in [5.41, 5.74) is -1.35. The molecule has 0 aromatic heterocycles. The fraction of sp³-hybridized carbons (Fsp3) is 1.00. The summed E-state index contributed by atoms with van der Waals surface area (Å²) in [5.74, 6) is 0.577. The lowest BCUT2D eigenvalue weighted by Crippen LogP contribution is -2.62. The summed E-state index contributed by atoms with van der Waals surface area (Å²) in [5, 5.41) is 45.0. The maximum atomic E-state index is 11.7. The first-order chi connectivity index (χ1) is 16.0. The van der Waals surface area contributed by atoms with Crippen molar-refractivity contribution in [1.82, 2.24) is 0 Å². The minimum Gasteiger partial charge on any atom is -0.393 e. The van der Waals surface area contributed by atoms with Gasteiger partial charge in [-0.25, -0.2) is 0 Å². The molecule has 1 aliphatic heterocycles. The van der Waals surface area contributed by atoms with E-state index in [1.807, 2.05) is 13.8 Å². The van der Waals surface area contributed by atoms with Crippen molar-refractivity contribution in [2.45, 2.75) is 142 Å². The van der Waals surface area contributed by atoms with Crippen molar-refractivity contribution in [2.24, 2.45) is 44.8 Å². The first-order valence-corrected chi connectivity index (χ1v) is 14.4.